The zero-order valence-corrected chi connectivity index (χ0v) is 20.0. The van der Waals surface area contributed by atoms with Gasteiger partial charge in [0.1, 0.15) is 5.54 Å². The number of thiophene rings is 2. The molecule has 4 aromatic rings. The predicted molar refractivity (Wildman–Crippen MR) is 131 cm³/mol. The molecule has 0 aliphatic carbocycles. The standard InChI is InChI=1S/C25H24N3O2S2/c1-24(2)25(3,4)28(30)23(27(24)29)17-9-11-18(12-10-17)26-19(21-7-5-15-31-21)13-14-20(26)22-8-6-16-32-22/h5-16H,1-4H3. The molecular weight excluding hydrogens is 438 g/mol. The van der Waals surface area contributed by atoms with Gasteiger partial charge in [-0.05, 0) is 87.0 Å². The zero-order chi connectivity index (χ0) is 22.7. The highest BCUT2D eigenvalue weighted by Crippen LogP contribution is 2.39. The van der Waals surface area contributed by atoms with Crippen LogP contribution in [-0.4, -0.2) is 31.3 Å². The molecule has 0 atom stereocenters. The van der Waals surface area contributed by atoms with Crippen LogP contribution >= 0.6 is 22.7 Å². The van der Waals surface area contributed by atoms with E-state index in [4.69, 9.17) is 0 Å². The van der Waals surface area contributed by atoms with Gasteiger partial charge in [0.05, 0.1) is 26.7 Å². The number of amidine groups is 1. The fraction of sp³-hybridized carbons (Fsp3) is 0.240. The van der Waals surface area contributed by atoms with Crippen molar-refractivity contribution in [2.24, 2.45) is 0 Å². The minimum atomic E-state index is -0.831. The Morgan fingerprint density at radius 2 is 1.34 bits per heavy atom. The lowest BCUT2D eigenvalue weighted by molar-refractivity contribution is -0.539. The Bertz CT molecular complexity index is 1230. The fourth-order valence-electron chi connectivity index (χ4n) is 4.05. The first-order valence-electron chi connectivity index (χ1n) is 10.5. The smallest absolute Gasteiger partial charge is 0.316 e. The van der Waals surface area contributed by atoms with E-state index in [0.29, 0.717) is 5.56 Å². The van der Waals surface area contributed by atoms with Crippen molar-refractivity contribution in [3.05, 3.63) is 82.2 Å². The molecule has 0 bridgehead atoms. The van der Waals surface area contributed by atoms with Gasteiger partial charge in [0.25, 0.3) is 0 Å². The molecule has 5 rings (SSSR count). The van der Waals surface area contributed by atoms with Gasteiger partial charge in [0.2, 0.25) is 0 Å². The first-order valence-corrected chi connectivity index (χ1v) is 12.2. The van der Waals surface area contributed by atoms with E-state index in [9.17, 15) is 10.4 Å². The SMILES string of the molecule is CC1(C)N([O])C(c2ccc(-n3c(-c4cccs4)ccc3-c3cccs3)cc2)=[N+]([O-])C1(C)C. The molecule has 1 aliphatic rings. The van der Waals surface area contributed by atoms with Crippen LogP contribution in [0.1, 0.15) is 33.3 Å². The van der Waals surface area contributed by atoms with Crippen molar-refractivity contribution in [3.8, 4) is 26.8 Å². The third kappa shape index (κ3) is 2.96. The van der Waals surface area contributed by atoms with E-state index in [1.807, 2.05) is 52.0 Å². The Morgan fingerprint density at radius 3 is 1.75 bits per heavy atom. The summed E-state index contributed by atoms with van der Waals surface area (Å²) in [7, 11) is 0. The van der Waals surface area contributed by atoms with E-state index in [1.54, 1.807) is 22.7 Å². The minimum absolute atomic E-state index is 0.163. The van der Waals surface area contributed by atoms with Gasteiger partial charge in [-0.15, -0.1) is 22.7 Å². The van der Waals surface area contributed by atoms with E-state index in [-0.39, 0.29) is 5.84 Å². The van der Waals surface area contributed by atoms with Gasteiger partial charge in [-0.1, -0.05) is 17.2 Å². The summed E-state index contributed by atoms with van der Waals surface area (Å²) in [6.45, 7) is 7.25. The van der Waals surface area contributed by atoms with Crippen molar-refractivity contribution < 1.29 is 9.95 Å². The molecule has 1 aromatic carbocycles. The summed E-state index contributed by atoms with van der Waals surface area (Å²) in [5, 5.41) is 31.1. The highest BCUT2D eigenvalue weighted by molar-refractivity contribution is 7.14. The number of nitrogens with zero attached hydrogens (tertiary/aromatic N) is 3. The van der Waals surface area contributed by atoms with Gasteiger partial charge < -0.3 is 9.77 Å². The van der Waals surface area contributed by atoms with Gasteiger partial charge in [0, 0.05) is 10.9 Å². The number of benzene rings is 1. The quantitative estimate of drug-likeness (QED) is 0.260. The normalized spacial score (nSPS) is 17.3. The lowest BCUT2D eigenvalue weighted by Gasteiger charge is -2.32. The number of hydroxylamine groups is 3. The van der Waals surface area contributed by atoms with E-state index in [2.05, 4.69) is 51.7 Å². The maximum atomic E-state index is 13.0. The lowest BCUT2D eigenvalue weighted by atomic mass is 9.84. The molecule has 1 aliphatic heterocycles. The molecule has 0 fully saturated rings. The van der Waals surface area contributed by atoms with Crippen LogP contribution in [0.5, 0.6) is 0 Å². The van der Waals surface area contributed by atoms with Gasteiger partial charge >= 0.3 is 5.84 Å². The Labute approximate surface area is 195 Å². The van der Waals surface area contributed by atoms with Gasteiger partial charge in [0.15, 0.2) is 5.54 Å². The highest BCUT2D eigenvalue weighted by Gasteiger charge is 2.59. The molecule has 32 heavy (non-hydrogen) atoms. The monoisotopic (exact) mass is 462 g/mol. The first kappa shape index (κ1) is 21.0. The van der Waals surface area contributed by atoms with Crippen molar-refractivity contribution in [3.63, 3.8) is 0 Å². The summed E-state index contributed by atoms with van der Waals surface area (Å²) in [5.41, 5.74) is 2.17. The summed E-state index contributed by atoms with van der Waals surface area (Å²) < 4.78 is 3.09. The summed E-state index contributed by atoms with van der Waals surface area (Å²) in [4.78, 5) is 2.36. The average Bonchev–Trinajstić information content (AvgIpc) is 3.55. The molecule has 0 unspecified atom stereocenters. The Hall–Kier alpha value is -2.87. The van der Waals surface area contributed by atoms with Crippen LogP contribution < -0.4 is 0 Å². The molecule has 0 saturated carbocycles. The molecule has 4 heterocycles. The maximum Gasteiger partial charge on any atom is 0.316 e. The fourth-order valence-corrected chi connectivity index (χ4v) is 5.53. The third-order valence-electron chi connectivity index (χ3n) is 6.71. The number of hydrogen-bond donors (Lipinski definition) is 0. The molecule has 163 valence electrons. The number of aromatic nitrogens is 1. The second-order valence-electron chi connectivity index (χ2n) is 8.97. The molecule has 5 nitrogen and oxygen atoms in total. The molecule has 7 heteroatoms. The number of hydrogen-bond acceptors (Lipinski definition) is 4. The lowest BCUT2D eigenvalue weighted by Crippen LogP contribution is -2.53. The van der Waals surface area contributed by atoms with Crippen LogP contribution in [0, 0.1) is 5.21 Å². The second kappa shape index (κ2) is 7.33. The number of rotatable bonds is 4. The van der Waals surface area contributed by atoms with Gasteiger partial charge in [-0.2, -0.15) is 0 Å². The Balaban J connectivity index is 1.62. The van der Waals surface area contributed by atoms with Crippen molar-refractivity contribution in [2.75, 3.05) is 0 Å². The largest absolute Gasteiger partial charge is 0.714 e. The summed E-state index contributed by atoms with van der Waals surface area (Å²) in [6.07, 6.45) is 0. The van der Waals surface area contributed by atoms with Gasteiger partial charge in [-0.3, -0.25) is 4.74 Å². The molecular formula is C25H24N3O2S2. The molecule has 0 N–H and O–H groups in total. The molecule has 0 amide bonds. The third-order valence-corrected chi connectivity index (χ3v) is 8.49. The van der Waals surface area contributed by atoms with Crippen molar-refractivity contribution in [2.45, 2.75) is 38.8 Å². The van der Waals surface area contributed by atoms with E-state index < -0.39 is 11.1 Å². The Kier molecular flexibility index (Phi) is 4.81. The summed E-state index contributed by atoms with van der Waals surface area (Å²) in [6, 6.07) is 20.3. The Morgan fingerprint density at radius 1 is 0.812 bits per heavy atom. The zero-order valence-electron chi connectivity index (χ0n) is 18.4. The molecule has 1 radical (unpaired) electrons. The topological polar surface area (TPSA) is 54.1 Å². The second-order valence-corrected chi connectivity index (χ2v) is 10.9. The van der Waals surface area contributed by atoms with Crippen LogP contribution in [0.4, 0.5) is 0 Å². The van der Waals surface area contributed by atoms with Crippen molar-refractivity contribution >= 4 is 28.5 Å². The van der Waals surface area contributed by atoms with Crippen LogP contribution in [0.15, 0.2) is 71.4 Å². The summed E-state index contributed by atoms with van der Waals surface area (Å²) >= 11 is 3.40. The van der Waals surface area contributed by atoms with E-state index >= 15 is 0 Å². The average molecular weight is 463 g/mol. The molecule has 0 saturated heterocycles. The van der Waals surface area contributed by atoms with Crippen LogP contribution in [-0.2, 0) is 5.21 Å². The summed E-state index contributed by atoms with van der Waals surface area (Å²) in [5.74, 6) is 0.163. The highest BCUT2D eigenvalue weighted by atomic mass is 32.1. The minimum Gasteiger partial charge on any atom is -0.714 e. The molecule has 3 aromatic heterocycles. The van der Waals surface area contributed by atoms with Crippen LogP contribution in [0.3, 0.4) is 0 Å². The molecule has 0 spiro atoms. The van der Waals surface area contributed by atoms with Crippen molar-refractivity contribution in [1.82, 2.24) is 9.63 Å². The first-order chi connectivity index (χ1) is 15.2. The van der Waals surface area contributed by atoms with E-state index in [1.165, 1.54) is 9.75 Å². The van der Waals surface area contributed by atoms with Gasteiger partial charge in [-0.25, -0.2) is 0 Å². The van der Waals surface area contributed by atoms with E-state index in [0.717, 1.165) is 26.9 Å². The predicted octanol–water partition coefficient (Wildman–Crippen LogP) is 6.41. The van der Waals surface area contributed by atoms with Crippen LogP contribution in [0.2, 0.25) is 0 Å². The maximum absolute atomic E-state index is 13.0. The van der Waals surface area contributed by atoms with Crippen LogP contribution in [0.25, 0.3) is 26.8 Å². The van der Waals surface area contributed by atoms with Crippen molar-refractivity contribution in [1.29, 1.82) is 0 Å².